The lowest BCUT2D eigenvalue weighted by molar-refractivity contribution is 0.0203. The quantitative estimate of drug-likeness (QED) is 0.740. The van der Waals surface area contributed by atoms with Crippen molar-refractivity contribution in [2.75, 3.05) is 13.1 Å². The van der Waals surface area contributed by atoms with Crippen LogP contribution >= 0.6 is 0 Å². The average Bonchev–Trinajstić information content (AvgIpc) is 2.93. The van der Waals surface area contributed by atoms with Gasteiger partial charge in [0, 0.05) is 36.3 Å². The molecule has 0 atom stereocenters. The van der Waals surface area contributed by atoms with Gasteiger partial charge in [-0.3, -0.25) is 0 Å². The smallest absolute Gasteiger partial charge is 0.410 e. The molecule has 2 aromatic rings. The second-order valence-corrected chi connectivity index (χ2v) is 9.27. The molecule has 0 spiro atoms. The third-order valence-corrected chi connectivity index (χ3v) is 4.81. The summed E-state index contributed by atoms with van der Waals surface area (Å²) in [6.07, 6.45) is 3.77. The Kier molecular flexibility index (Phi) is 4.76. The molecule has 1 fully saturated rings. The number of pyridine rings is 1. The van der Waals surface area contributed by atoms with E-state index in [1.54, 1.807) is 0 Å². The molecule has 1 aliphatic heterocycles. The van der Waals surface area contributed by atoms with Crippen LogP contribution in [0.25, 0.3) is 5.65 Å². The van der Waals surface area contributed by atoms with Crippen molar-refractivity contribution in [1.29, 1.82) is 0 Å². The van der Waals surface area contributed by atoms with E-state index >= 15 is 0 Å². The number of amides is 1. The Morgan fingerprint density at radius 1 is 1.12 bits per heavy atom. The fourth-order valence-electron chi connectivity index (χ4n) is 3.62. The highest BCUT2D eigenvalue weighted by Gasteiger charge is 2.33. The zero-order chi connectivity index (χ0) is 19.1. The van der Waals surface area contributed by atoms with E-state index in [-0.39, 0.29) is 11.5 Å². The Labute approximate surface area is 156 Å². The Morgan fingerprint density at radius 2 is 1.77 bits per heavy atom. The molecule has 1 saturated heterocycles. The minimum absolute atomic E-state index is 0.0103. The maximum absolute atomic E-state index is 12.3. The maximum atomic E-state index is 12.3. The lowest BCUT2D eigenvalue weighted by Crippen LogP contribution is -2.41. The van der Waals surface area contributed by atoms with Gasteiger partial charge in [0.1, 0.15) is 11.2 Å². The number of hydrogen-bond acceptors (Lipinski definition) is 3. The van der Waals surface area contributed by atoms with Crippen LogP contribution < -0.4 is 0 Å². The summed E-state index contributed by atoms with van der Waals surface area (Å²) < 4.78 is 7.75. The fourth-order valence-corrected chi connectivity index (χ4v) is 3.62. The zero-order valence-electron chi connectivity index (χ0n) is 16.9. The first-order chi connectivity index (χ1) is 12.1. The fraction of sp³-hybridized carbons (Fsp3) is 0.619. The van der Waals surface area contributed by atoms with Gasteiger partial charge in [-0.2, -0.15) is 0 Å². The number of imidazole rings is 1. The van der Waals surface area contributed by atoms with Gasteiger partial charge in [0.25, 0.3) is 0 Å². The minimum atomic E-state index is -0.449. The van der Waals surface area contributed by atoms with Gasteiger partial charge in [0.2, 0.25) is 0 Å². The van der Waals surface area contributed by atoms with Gasteiger partial charge < -0.3 is 14.0 Å². The molecule has 0 bridgehead atoms. The van der Waals surface area contributed by atoms with Crippen LogP contribution in [0.1, 0.15) is 71.7 Å². The molecule has 0 aliphatic carbocycles. The molecular weight excluding hydrogens is 326 g/mol. The van der Waals surface area contributed by atoms with Crippen LogP contribution in [0.2, 0.25) is 0 Å². The Morgan fingerprint density at radius 3 is 2.35 bits per heavy atom. The van der Waals surface area contributed by atoms with Gasteiger partial charge in [-0.1, -0.05) is 26.8 Å². The van der Waals surface area contributed by atoms with Crippen molar-refractivity contribution in [1.82, 2.24) is 14.3 Å². The van der Waals surface area contributed by atoms with Crippen molar-refractivity contribution in [3.63, 3.8) is 0 Å². The molecule has 3 heterocycles. The van der Waals surface area contributed by atoms with E-state index in [4.69, 9.17) is 9.72 Å². The van der Waals surface area contributed by atoms with Crippen LogP contribution in [0.15, 0.2) is 24.4 Å². The second-order valence-electron chi connectivity index (χ2n) is 9.27. The molecule has 0 unspecified atom stereocenters. The van der Waals surface area contributed by atoms with Gasteiger partial charge >= 0.3 is 6.09 Å². The number of likely N-dealkylation sites (tertiary alicyclic amines) is 1. The highest BCUT2D eigenvalue weighted by atomic mass is 16.6. The van der Waals surface area contributed by atoms with Gasteiger partial charge in [-0.15, -0.1) is 0 Å². The average molecular weight is 357 g/mol. The lowest BCUT2D eigenvalue weighted by Gasteiger charge is -2.34. The molecule has 5 nitrogen and oxygen atoms in total. The summed E-state index contributed by atoms with van der Waals surface area (Å²) in [6, 6.07) is 6.15. The van der Waals surface area contributed by atoms with E-state index in [0.29, 0.717) is 5.92 Å². The van der Waals surface area contributed by atoms with E-state index in [1.165, 1.54) is 11.4 Å². The molecule has 0 aromatic carbocycles. The summed E-state index contributed by atoms with van der Waals surface area (Å²) in [6.45, 7) is 13.8. The van der Waals surface area contributed by atoms with E-state index < -0.39 is 5.60 Å². The molecule has 0 radical (unpaired) electrons. The largest absolute Gasteiger partial charge is 0.444 e. The predicted octanol–water partition coefficient (Wildman–Crippen LogP) is 4.75. The molecule has 0 saturated carbocycles. The molecule has 1 amide bonds. The Balaban J connectivity index is 1.83. The highest BCUT2D eigenvalue weighted by molar-refractivity contribution is 5.68. The second kappa shape index (κ2) is 6.60. The van der Waals surface area contributed by atoms with Crippen molar-refractivity contribution in [3.05, 3.63) is 35.8 Å². The normalized spacial score (nSPS) is 16.9. The van der Waals surface area contributed by atoms with Gasteiger partial charge in [0.15, 0.2) is 0 Å². The molecule has 26 heavy (non-hydrogen) atoms. The van der Waals surface area contributed by atoms with Crippen molar-refractivity contribution in [3.8, 4) is 0 Å². The molecule has 3 rings (SSSR count). The summed E-state index contributed by atoms with van der Waals surface area (Å²) in [4.78, 5) is 19.1. The first-order valence-corrected chi connectivity index (χ1v) is 9.51. The molecular formula is C21H31N3O2. The number of hydrogen-bond donors (Lipinski definition) is 0. The Bertz CT molecular complexity index is 788. The van der Waals surface area contributed by atoms with E-state index in [0.717, 1.165) is 31.6 Å². The van der Waals surface area contributed by atoms with E-state index in [1.807, 2.05) is 31.7 Å². The van der Waals surface area contributed by atoms with Crippen molar-refractivity contribution in [2.24, 2.45) is 0 Å². The monoisotopic (exact) mass is 357 g/mol. The third kappa shape index (κ3) is 3.87. The standard InChI is InChI=1S/C21H31N3O2/c1-20(2,3)18-17(24-12-8-7-9-16(24)22-18)15-10-13-23(14-11-15)19(25)26-21(4,5)6/h7-9,12,15H,10-11,13-14H2,1-6H3. The zero-order valence-corrected chi connectivity index (χ0v) is 16.9. The van der Waals surface area contributed by atoms with Crippen molar-refractivity contribution < 1.29 is 9.53 Å². The number of nitrogens with zero attached hydrogens (tertiary/aromatic N) is 3. The van der Waals surface area contributed by atoms with E-state index in [9.17, 15) is 4.79 Å². The number of ether oxygens (including phenoxy) is 1. The summed E-state index contributed by atoms with van der Waals surface area (Å²) in [5, 5.41) is 0. The molecule has 5 heteroatoms. The van der Waals surface area contributed by atoms with Crippen LogP contribution in [-0.2, 0) is 10.2 Å². The highest BCUT2D eigenvalue weighted by Crippen LogP contribution is 2.36. The number of carbonyl (C=O) groups is 1. The van der Waals surface area contributed by atoms with Crippen molar-refractivity contribution in [2.45, 2.75) is 71.3 Å². The maximum Gasteiger partial charge on any atom is 0.410 e. The molecule has 0 N–H and O–H groups in total. The molecule has 142 valence electrons. The van der Waals surface area contributed by atoms with Crippen LogP contribution in [0.4, 0.5) is 4.79 Å². The topological polar surface area (TPSA) is 46.8 Å². The van der Waals surface area contributed by atoms with Crippen LogP contribution in [0.3, 0.4) is 0 Å². The SMILES string of the molecule is CC(C)(C)OC(=O)N1CCC(c2c(C(C)(C)C)nc3ccccn23)CC1. The minimum Gasteiger partial charge on any atom is -0.444 e. The van der Waals surface area contributed by atoms with Gasteiger partial charge in [-0.25, -0.2) is 9.78 Å². The number of piperidine rings is 1. The molecule has 1 aliphatic rings. The van der Waals surface area contributed by atoms with Gasteiger partial charge in [-0.05, 0) is 45.7 Å². The van der Waals surface area contributed by atoms with Crippen LogP contribution in [-0.4, -0.2) is 39.1 Å². The summed E-state index contributed by atoms with van der Waals surface area (Å²) in [5.74, 6) is 0.403. The Hall–Kier alpha value is -2.04. The lowest BCUT2D eigenvalue weighted by atomic mass is 9.84. The van der Waals surface area contributed by atoms with Crippen LogP contribution in [0, 0.1) is 0 Å². The van der Waals surface area contributed by atoms with Crippen molar-refractivity contribution >= 4 is 11.7 Å². The number of aromatic nitrogens is 2. The first kappa shape index (κ1) is 18.7. The van der Waals surface area contributed by atoms with Gasteiger partial charge in [0.05, 0.1) is 5.69 Å². The first-order valence-electron chi connectivity index (χ1n) is 9.51. The molecule has 2 aromatic heterocycles. The number of fused-ring (bicyclic) bond motifs is 1. The summed E-state index contributed by atoms with van der Waals surface area (Å²) >= 11 is 0. The third-order valence-electron chi connectivity index (χ3n) is 4.81. The van der Waals surface area contributed by atoms with Crippen LogP contribution in [0.5, 0.6) is 0 Å². The summed E-state index contributed by atoms with van der Waals surface area (Å²) in [5.41, 5.74) is 3.01. The van der Waals surface area contributed by atoms with E-state index in [2.05, 4.69) is 43.5 Å². The predicted molar refractivity (Wildman–Crippen MR) is 104 cm³/mol. The number of carbonyl (C=O) groups excluding carboxylic acids is 1. The number of rotatable bonds is 1. The summed E-state index contributed by atoms with van der Waals surface area (Å²) in [7, 11) is 0.